The van der Waals surface area contributed by atoms with Gasteiger partial charge in [0.1, 0.15) is 10.6 Å². The number of nitrogens with zero attached hydrogens (tertiary/aromatic N) is 1. The first-order chi connectivity index (χ1) is 9.63. The Morgan fingerprint density at radius 3 is 3.00 bits per heavy atom. The number of aromatic nitrogens is 1. The predicted octanol–water partition coefficient (Wildman–Crippen LogP) is 1.59. The van der Waals surface area contributed by atoms with E-state index in [1.165, 1.54) is 11.3 Å². The quantitative estimate of drug-likeness (QED) is 0.841. The molecule has 0 aromatic carbocycles. The van der Waals surface area contributed by atoms with Gasteiger partial charge in [-0.1, -0.05) is 17.0 Å². The van der Waals surface area contributed by atoms with Crippen molar-refractivity contribution in [2.45, 2.75) is 20.4 Å². The highest BCUT2D eigenvalue weighted by molar-refractivity contribution is 7.12. The van der Waals surface area contributed by atoms with Crippen molar-refractivity contribution in [3.05, 3.63) is 38.9 Å². The Labute approximate surface area is 121 Å². The monoisotopic (exact) mass is 289 g/mol. The third-order valence-electron chi connectivity index (χ3n) is 2.80. The molecule has 2 rings (SSSR count). The van der Waals surface area contributed by atoms with Crippen molar-refractivity contribution in [2.24, 2.45) is 5.73 Å². The minimum atomic E-state index is -0.152. The summed E-state index contributed by atoms with van der Waals surface area (Å²) in [7, 11) is 0. The first-order valence-electron chi connectivity index (χ1n) is 6.10. The highest BCUT2D eigenvalue weighted by Crippen LogP contribution is 2.17. The topological polar surface area (TPSA) is 81.2 Å². The minimum Gasteiger partial charge on any atom is -0.361 e. The molecule has 104 valence electrons. The van der Waals surface area contributed by atoms with Crippen LogP contribution in [0.15, 0.2) is 16.0 Å². The second kappa shape index (κ2) is 6.37. The first kappa shape index (κ1) is 14.3. The zero-order valence-corrected chi connectivity index (χ0v) is 12.1. The van der Waals surface area contributed by atoms with Gasteiger partial charge in [-0.15, -0.1) is 11.3 Å². The first-order valence-corrected chi connectivity index (χ1v) is 6.97. The Kier molecular flexibility index (Phi) is 4.56. The van der Waals surface area contributed by atoms with Crippen LogP contribution in [-0.2, 0) is 6.54 Å². The van der Waals surface area contributed by atoms with Gasteiger partial charge in [0.25, 0.3) is 5.91 Å². The summed E-state index contributed by atoms with van der Waals surface area (Å²) in [4.78, 5) is 12.8. The average Bonchev–Trinajstić information content (AvgIpc) is 3.02. The zero-order valence-electron chi connectivity index (χ0n) is 11.3. The lowest BCUT2D eigenvalue weighted by Crippen LogP contribution is -2.23. The van der Waals surface area contributed by atoms with Crippen molar-refractivity contribution in [1.29, 1.82) is 0 Å². The van der Waals surface area contributed by atoms with Crippen LogP contribution in [0.25, 0.3) is 0 Å². The molecule has 0 spiro atoms. The molecular weight excluding hydrogens is 274 g/mol. The molecular formula is C14H15N3O2S. The largest absolute Gasteiger partial charge is 0.361 e. The fourth-order valence-electron chi connectivity index (χ4n) is 1.73. The van der Waals surface area contributed by atoms with Gasteiger partial charge >= 0.3 is 0 Å². The SMILES string of the molecule is Cc1noc(C)c1CNC(=O)c1sccc1C#CCN. The number of hydrogen-bond acceptors (Lipinski definition) is 5. The van der Waals surface area contributed by atoms with Gasteiger partial charge < -0.3 is 15.6 Å². The van der Waals surface area contributed by atoms with Crippen LogP contribution < -0.4 is 11.1 Å². The van der Waals surface area contributed by atoms with Crippen molar-refractivity contribution >= 4 is 17.2 Å². The van der Waals surface area contributed by atoms with Gasteiger partial charge in [0.2, 0.25) is 0 Å². The van der Waals surface area contributed by atoms with Crippen molar-refractivity contribution in [1.82, 2.24) is 10.5 Å². The number of thiophene rings is 1. The molecule has 20 heavy (non-hydrogen) atoms. The van der Waals surface area contributed by atoms with Crippen LogP contribution in [0.2, 0.25) is 0 Å². The second-order valence-corrected chi connectivity index (χ2v) is 5.07. The summed E-state index contributed by atoms with van der Waals surface area (Å²) in [6.45, 7) is 4.34. The highest BCUT2D eigenvalue weighted by Gasteiger charge is 2.14. The molecule has 0 aliphatic rings. The number of aryl methyl sites for hydroxylation is 2. The fraction of sp³-hybridized carbons (Fsp3) is 0.286. The molecule has 0 saturated carbocycles. The molecule has 0 aliphatic carbocycles. The van der Waals surface area contributed by atoms with Gasteiger partial charge in [-0.3, -0.25) is 4.79 Å². The predicted molar refractivity (Wildman–Crippen MR) is 77.4 cm³/mol. The number of nitrogens with two attached hydrogens (primary N) is 1. The van der Waals surface area contributed by atoms with Crippen LogP contribution in [-0.4, -0.2) is 17.6 Å². The van der Waals surface area contributed by atoms with E-state index in [1.807, 2.05) is 25.3 Å². The molecule has 0 unspecified atom stereocenters. The smallest absolute Gasteiger partial charge is 0.262 e. The molecule has 2 aromatic rings. The molecule has 0 radical (unpaired) electrons. The van der Waals surface area contributed by atoms with Crippen LogP contribution >= 0.6 is 11.3 Å². The van der Waals surface area contributed by atoms with E-state index in [1.54, 1.807) is 0 Å². The van der Waals surface area contributed by atoms with E-state index in [0.29, 0.717) is 17.0 Å². The molecule has 6 heteroatoms. The molecule has 0 fully saturated rings. The van der Waals surface area contributed by atoms with Gasteiger partial charge in [0.15, 0.2) is 0 Å². The summed E-state index contributed by atoms with van der Waals surface area (Å²) in [5, 5.41) is 8.55. The maximum absolute atomic E-state index is 12.2. The van der Waals surface area contributed by atoms with Crippen LogP contribution in [0.1, 0.15) is 32.3 Å². The maximum atomic E-state index is 12.2. The number of nitrogens with one attached hydrogen (secondary N) is 1. The van der Waals surface area contributed by atoms with Crippen LogP contribution in [0.3, 0.4) is 0 Å². The summed E-state index contributed by atoms with van der Waals surface area (Å²) >= 11 is 1.36. The minimum absolute atomic E-state index is 0.152. The van der Waals surface area contributed by atoms with Gasteiger partial charge in [-0.25, -0.2) is 0 Å². The summed E-state index contributed by atoms with van der Waals surface area (Å²) in [6, 6.07) is 1.82. The molecule has 0 aliphatic heterocycles. The summed E-state index contributed by atoms with van der Waals surface area (Å²) in [6.07, 6.45) is 0. The molecule has 5 nitrogen and oxygen atoms in total. The van der Waals surface area contributed by atoms with Crippen LogP contribution in [0.5, 0.6) is 0 Å². The highest BCUT2D eigenvalue weighted by atomic mass is 32.1. The standard InChI is InChI=1S/C14H15N3O2S/c1-9-12(10(2)19-17-9)8-16-14(18)13-11(4-3-6-15)5-7-20-13/h5,7H,6,8,15H2,1-2H3,(H,16,18). The van der Waals surface area contributed by atoms with E-state index < -0.39 is 0 Å². The molecule has 0 atom stereocenters. The number of rotatable bonds is 3. The number of carbonyl (C=O) groups excluding carboxylic acids is 1. The molecule has 2 heterocycles. The maximum Gasteiger partial charge on any atom is 0.262 e. The number of hydrogen-bond donors (Lipinski definition) is 2. The van der Waals surface area contributed by atoms with Crippen LogP contribution in [0, 0.1) is 25.7 Å². The third-order valence-corrected chi connectivity index (χ3v) is 3.72. The van der Waals surface area contributed by atoms with Crippen LogP contribution in [0.4, 0.5) is 0 Å². The lowest BCUT2D eigenvalue weighted by atomic mass is 10.2. The van der Waals surface area contributed by atoms with Gasteiger partial charge in [-0.2, -0.15) is 0 Å². The van der Waals surface area contributed by atoms with Gasteiger partial charge in [-0.05, 0) is 25.3 Å². The summed E-state index contributed by atoms with van der Waals surface area (Å²) < 4.78 is 5.06. The summed E-state index contributed by atoms with van der Waals surface area (Å²) in [5.41, 5.74) is 7.74. The van der Waals surface area contributed by atoms with E-state index in [0.717, 1.165) is 17.0 Å². The molecule has 3 N–H and O–H groups in total. The van der Waals surface area contributed by atoms with Crippen molar-refractivity contribution in [2.75, 3.05) is 6.54 Å². The molecule has 1 amide bonds. The van der Waals surface area contributed by atoms with Gasteiger partial charge in [0.05, 0.1) is 12.2 Å². The number of carbonyl (C=O) groups is 1. The lowest BCUT2D eigenvalue weighted by Gasteiger charge is -2.03. The van der Waals surface area contributed by atoms with E-state index in [4.69, 9.17) is 10.3 Å². The van der Waals surface area contributed by atoms with Crippen molar-refractivity contribution in [3.8, 4) is 11.8 Å². The van der Waals surface area contributed by atoms with E-state index >= 15 is 0 Å². The van der Waals surface area contributed by atoms with E-state index in [-0.39, 0.29) is 12.5 Å². The Morgan fingerprint density at radius 2 is 2.35 bits per heavy atom. The molecule has 0 saturated heterocycles. The lowest BCUT2D eigenvalue weighted by molar-refractivity contribution is 0.0954. The fourth-order valence-corrected chi connectivity index (χ4v) is 2.50. The molecule has 2 aromatic heterocycles. The van der Waals surface area contributed by atoms with E-state index in [2.05, 4.69) is 22.3 Å². The van der Waals surface area contributed by atoms with Crippen molar-refractivity contribution < 1.29 is 9.32 Å². The van der Waals surface area contributed by atoms with Crippen molar-refractivity contribution in [3.63, 3.8) is 0 Å². The third kappa shape index (κ3) is 3.07. The second-order valence-electron chi connectivity index (χ2n) is 4.15. The molecule has 0 bridgehead atoms. The Balaban J connectivity index is 2.08. The summed E-state index contributed by atoms with van der Waals surface area (Å²) in [5.74, 6) is 6.21. The van der Waals surface area contributed by atoms with E-state index in [9.17, 15) is 4.79 Å². The Bertz CT molecular complexity index is 657. The average molecular weight is 289 g/mol. The zero-order chi connectivity index (χ0) is 14.5. The Morgan fingerprint density at radius 1 is 1.55 bits per heavy atom. The van der Waals surface area contributed by atoms with Gasteiger partial charge in [0, 0.05) is 17.7 Å². The number of amides is 1. The Hall–Kier alpha value is -2.10. The normalized spacial score (nSPS) is 9.95.